The first kappa shape index (κ1) is 16.1. The largest absolute Gasteiger partial charge is 0.392 e. The fraction of sp³-hybridized carbons (Fsp3) is 0.250. The lowest BCUT2D eigenvalue weighted by molar-refractivity contribution is -0.384. The zero-order chi connectivity index (χ0) is 16.6. The van der Waals surface area contributed by atoms with E-state index in [4.69, 9.17) is 23.2 Å². The highest BCUT2D eigenvalue weighted by atomic mass is 35.5. The molecule has 0 saturated heterocycles. The van der Waals surface area contributed by atoms with Crippen molar-refractivity contribution in [2.75, 3.05) is 11.4 Å². The Morgan fingerprint density at radius 2 is 2.04 bits per heavy atom. The second kappa shape index (κ2) is 6.35. The number of nitrogens with zero attached hydrogens (tertiary/aromatic N) is 2. The summed E-state index contributed by atoms with van der Waals surface area (Å²) in [4.78, 5) is 12.8. The molecule has 2 aromatic rings. The van der Waals surface area contributed by atoms with Gasteiger partial charge in [0.1, 0.15) is 5.69 Å². The van der Waals surface area contributed by atoms with Crippen molar-refractivity contribution >= 4 is 34.6 Å². The Hall–Kier alpha value is -1.82. The molecule has 1 N–H and O–H groups in total. The highest BCUT2D eigenvalue weighted by Gasteiger charge is 2.25. The molecule has 0 spiro atoms. The highest BCUT2D eigenvalue weighted by Crippen LogP contribution is 2.35. The van der Waals surface area contributed by atoms with Crippen LogP contribution in [0.15, 0.2) is 30.3 Å². The molecule has 1 aliphatic heterocycles. The van der Waals surface area contributed by atoms with E-state index >= 15 is 0 Å². The van der Waals surface area contributed by atoms with Gasteiger partial charge in [0.15, 0.2) is 0 Å². The van der Waals surface area contributed by atoms with Crippen LogP contribution in [-0.2, 0) is 19.6 Å². The Morgan fingerprint density at radius 3 is 2.74 bits per heavy atom. The van der Waals surface area contributed by atoms with Crippen LogP contribution in [0.5, 0.6) is 0 Å². The first-order valence-electron chi connectivity index (χ1n) is 7.09. The highest BCUT2D eigenvalue weighted by molar-refractivity contribution is 6.35. The van der Waals surface area contributed by atoms with Gasteiger partial charge >= 0.3 is 0 Å². The van der Waals surface area contributed by atoms with Crippen LogP contribution in [-0.4, -0.2) is 16.6 Å². The molecule has 0 aromatic heterocycles. The van der Waals surface area contributed by atoms with Crippen molar-refractivity contribution in [1.82, 2.24) is 0 Å². The number of nitro benzene ring substituents is 1. The summed E-state index contributed by atoms with van der Waals surface area (Å²) in [7, 11) is 0. The van der Waals surface area contributed by atoms with Crippen LogP contribution in [0.2, 0.25) is 10.0 Å². The SMILES string of the molecule is O=[N+]([O-])c1ccc(CO)cc1N1CCc2c(Cl)cc(Cl)cc2C1. The van der Waals surface area contributed by atoms with Crippen molar-refractivity contribution < 1.29 is 10.0 Å². The lowest BCUT2D eigenvalue weighted by Crippen LogP contribution is -2.31. The van der Waals surface area contributed by atoms with Crippen molar-refractivity contribution in [2.45, 2.75) is 19.6 Å². The number of hydrogen-bond donors (Lipinski definition) is 1. The number of benzene rings is 2. The molecule has 0 unspecified atom stereocenters. The summed E-state index contributed by atoms with van der Waals surface area (Å²) in [6.07, 6.45) is 0.686. The fourth-order valence-electron chi connectivity index (χ4n) is 2.89. The van der Waals surface area contributed by atoms with E-state index < -0.39 is 4.92 Å². The van der Waals surface area contributed by atoms with E-state index in [2.05, 4.69) is 0 Å². The second-order valence-electron chi connectivity index (χ2n) is 5.44. The molecule has 120 valence electrons. The minimum atomic E-state index is -0.406. The Kier molecular flexibility index (Phi) is 4.43. The minimum absolute atomic E-state index is 0.0266. The molecule has 0 saturated carbocycles. The summed E-state index contributed by atoms with van der Waals surface area (Å²) in [6.45, 7) is 0.947. The van der Waals surface area contributed by atoms with E-state index in [-0.39, 0.29) is 12.3 Å². The van der Waals surface area contributed by atoms with Crippen LogP contribution in [0, 0.1) is 10.1 Å². The molecule has 23 heavy (non-hydrogen) atoms. The molecule has 1 aliphatic rings. The van der Waals surface area contributed by atoms with Crippen LogP contribution in [0.3, 0.4) is 0 Å². The van der Waals surface area contributed by atoms with Gasteiger partial charge in [-0.05, 0) is 47.4 Å². The third-order valence-electron chi connectivity index (χ3n) is 4.01. The van der Waals surface area contributed by atoms with E-state index in [1.807, 2.05) is 11.0 Å². The summed E-state index contributed by atoms with van der Waals surface area (Å²) < 4.78 is 0. The van der Waals surface area contributed by atoms with E-state index in [9.17, 15) is 15.2 Å². The number of rotatable bonds is 3. The van der Waals surface area contributed by atoms with Gasteiger partial charge in [-0.2, -0.15) is 0 Å². The smallest absolute Gasteiger partial charge is 0.292 e. The Bertz CT molecular complexity index is 780. The molecule has 0 aliphatic carbocycles. The zero-order valence-corrected chi connectivity index (χ0v) is 13.6. The molecule has 3 rings (SSSR count). The maximum atomic E-state index is 11.3. The molecule has 0 fully saturated rings. The Balaban J connectivity index is 2.02. The van der Waals surface area contributed by atoms with Gasteiger partial charge in [-0.1, -0.05) is 23.2 Å². The first-order chi connectivity index (χ1) is 11.0. The predicted molar refractivity (Wildman–Crippen MR) is 90.2 cm³/mol. The van der Waals surface area contributed by atoms with E-state index in [1.54, 1.807) is 18.2 Å². The Morgan fingerprint density at radius 1 is 1.26 bits per heavy atom. The van der Waals surface area contributed by atoms with Crippen molar-refractivity contribution in [3.8, 4) is 0 Å². The molecule has 2 aromatic carbocycles. The predicted octanol–water partition coefficient (Wildman–Crippen LogP) is 3.96. The van der Waals surface area contributed by atoms with Gasteiger partial charge in [-0.3, -0.25) is 10.1 Å². The summed E-state index contributed by atoms with van der Waals surface area (Å²) in [5.41, 5.74) is 3.17. The number of fused-ring (bicyclic) bond motifs is 1. The first-order valence-corrected chi connectivity index (χ1v) is 7.85. The molecular weight excluding hydrogens is 339 g/mol. The average Bonchev–Trinajstić information content (AvgIpc) is 2.53. The van der Waals surface area contributed by atoms with Crippen LogP contribution in [0.25, 0.3) is 0 Å². The van der Waals surface area contributed by atoms with Crippen molar-refractivity contribution in [2.24, 2.45) is 0 Å². The van der Waals surface area contributed by atoms with Gasteiger partial charge in [0.2, 0.25) is 0 Å². The number of anilines is 1. The van der Waals surface area contributed by atoms with Crippen LogP contribution < -0.4 is 4.90 Å². The maximum Gasteiger partial charge on any atom is 0.292 e. The molecule has 0 amide bonds. The van der Waals surface area contributed by atoms with Crippen LogP contribution in [0.4, 0.5) is 11.4 Å². The van der Waals surface area contributed by atoms with Crippen molar-refractivity contribution in [1.29, 1.82) is 0 Å². The lowest BCUT2D eigenvalue weighted by Gasteiger charge is -2.31. The number of nitro groups is 1. The number of halogens is 2. The molecule has 0 atom stereocenters. The molecule has 0 radical (unpaired) electrons. The number of hydrogen-bond acceptors (Lipinski definition) is 4. The van der Waals surface area contributed by atoms with Crippen molar-refractivity contribution in [3.05, 3.63) is 67.2 Å². The van der Waals surface area contributed by atoms with E-state index in [0.29, 0.717) is 40.8 Å². The number of aliphatic hydroxyl groups excluding tert-OH is 1. The van der Waals surface area contributed by atoms with Gasteiger partial charge in [-0.15, -0.1) is 0 Å². The molecule has 1 heterocycles. The standard InChI is InChI=1S/C16H14Cl2N2O3/c17-12-6-11-8-19(4-3-13(11)14(18)7-12)16-5-10(9-21)1-2-15(16)20(22)23/h1-2,5-7,21H,3-4,8-9H2. The van der Waals surface area contributed by atoms with Gasteiger partial charge < -0.3 is 10.0 Å². The quantitative estimate of drug-likeness (QED) is 0.670. The normalized spacial score (nSPS) is 13.8. The monoisotopic (exact) mass is 352 g/mol. The van der Waals surface area contributed by atoms with E-state index in [1.165, 1.54) is 6.07 Å². The number of aliphatic hydroxyl groups is 1. The zero-order valence-electron chi connectivity index (χ0n) is 12.1. The Labute approximate surface area is 143 Å². The summed E-state index contributed by atoms with van der Waals surface area (Å²) in [5.74, 6) is 0. The summed E-state index contributed by atoms with van der Waals surface area (Å²) in [5, 5.41) is 21.8. The maximum absolute atomic E-state index is 11.3. The second-order valence-corrected chi connectivity index (χ2v) is 6.28. The summed E-state index contributed by atoms with van der Waals surface area (Å²) >= 11 is 12.3. The average molecular weight is 353 g/mol. The van der Waals surface area contributed by atoms with Gasteiger partial charge in [0, 0.05) is 29.2 Å². The molecule has 0 bridgehead atoms. The van der Waals surface area contributed by atoms with E-state index in [0.717, 1.165) is 11.1 Å². The van der Waals surface area contributed by atoms with Crippen molar-refractivity contribution in [3.63, 3.8) is 0 Å². The third-order valence-corrected chi connectivity index (χ3v) is 4.56. The van der Waals surface area contributed by atoms with Gasteiger partial charge in [-0.25, -0.2) is 0 Å². The third kappa shape index (κ3) is 3.13. The van der Waals surface area contributed by atoms with Gasteiger partial charge in [0.25, 0.3) is 5.69 Å². The topological polar surface area (TPSA) is 66.6 Å². The summed E-state index contributed by atoms with van der Waals surface area (Å²) in [6, 6.07) is 8.22. The fourth-order valence-corrected chi connectivity index (χ4v) is 3.52. The lowest BCUT2D eigenvalue weighted by atomic mass is 9.98. The molecule has 7 heteroatoms. The van der Waals surface area contributed by atoms with Crippen LogP contribution in [0.1, 0.15) is 16.7 Å². The molecule has 5 nitrogen and oxygen atoms in total. The van der Waals surface area contributed by atoms with Gasteiger partial charge in [0.05, 0.1) is 11.5 Å². The van der Waals surface area contributed by atoms with Crippen LogP contribution >= 0.6 is 23.2 Å². The minimum Gasteiger partial charge on any atom is -0.392 e. The molecular formula is C16H14Cl2N2O3.